The zero-order valence-corrected chi connectivity index (χ0v) is 10.1. The summed E-state index contributed by atoms with van der Waals surface area (Å²) in [4.78, 5) is 13.4. The van der Waals surface area contributed by atoms with E-state index in [1.807, 2.05) is 7.05 Å². The van der Waals surface area contributed by atoms with Crippen LogP contribution in [0.15, 0.2) is 0 Å². The van der Waals surface area contributed by atoms with Crippen molar-refractivity contribution < 1.29 is 4.79 Å². The molecule has 1 aliphatic rings. The van der Waals surface area contributed by atoms with Gasteiger partial charge in [0.05, 0.1) is 12.0 Å². The Labute approximate surface area is 92.2 Å². The third-order valence-electron chi connectivity index (χ3n) is 2.64. The maximum Gasteiger partial charge on any atom is 0.225 e. The Morgan fingerprint density at radius 2 is 2.13 bits per heavy atom. The summed E-state index contributed by atoms with van der Waals surface area (Å²) in [6.07, 6.45) is 6.79. The lowest BCUT2D eigenvalue weighted by Crippen LogP contribution is -2.59. The summed E-state index contributed by atoms with van der Waals surface area (Å²) in [5.74, 6) is 2.89. The molecule has 0 aromatic rings. The van der Waals surface area contributed by atoms with Crippen molar-refractivity contribution in [3.05, 3.63) is 0 Å². The van der Waals surface area contributed by atoms with Gasteiger partial charge in [-0.15, -0.1) is 6.42 Å². The van der Waals surface area contributed by atoms with Gasteiger partial charge in [0, 0.05) is 19.1 Å². The van der Waals surface area contributed by atoms with Gasteiger partial charge in [-0.2, -0.15) is 0 Å². The molecular formula is C12H20N2O. The van der Waals surface area contributed by atoms with Crippen molar-refractivity contribution in [2.75, 3.05) is 13.6 Å². The molecule has 1 rings (SSSR count). The second-order valence-electron chi connectivity index (χ2n) is 5.34. The first kappa shape index (κ1) is 12.1. The van der Waals surface area contributed by atoms with E-state index in [9.17, 15) is 4.79 Å². The van der Waals surface area contributed by atoms with Crippen molar-refractivity contribution in [2.45, 2.75) is 44.7 Å². The second-order valence-corrected chi connectivity index (χ2v) is 5.34. The number of nitrogens with zero attached hydrogens (tertiary/aromatic N) is 1. The van der Waals surface area contributed by atoms with Gasteiger partial charge in [0.15, 0.2) is 0 Å². The Bertz CT molecular complexity index is 298. The van der Waals surface area contributed by atoms with Crippen molar-refractivity contribution >= 4 is 5.91 Å². The van der Waals surface area contributed by atoms with Gasteiger partial charge in [-0.05, 0) is 27.2 Å². The van der Waals surface area contributed by atoms with Crippen LogP contribution in [-0.2, 0) is 4.79 Å². The average Bonchev–Trinajstić information content (AvgIpc) is 2.09. The monoisotopic (exact) mass is 208 g/mol. The van der Waals surface area contributed by atoms with Gasteiger partial charge in [-0.1, -0.05) is 5.92 Å². The smallest absolute Gasteiger partial charge is 0.225 e. The lowest BCUT2D eigenvalue weighted by Gasteiger charge is -2.41. The minimum atomic E-state index is -0.457. The molecule has 3 heteroatoms. The number of nitrogens with one attached hydrogen (secondary N) is 1. The largest absolute Gasteiger partial charge is 0.346 e. The summed E-state index contributed by atoms with van der Waals surface area (Å²) in [5.41, 5.74) is -0.523. The molecule has 1 saturated heterocycles. The predicted molar refractivity (Wildman–Crippen MR) is 61.3 cm³/mol. The summed E-state index contributed by atoms with van der Waals surface area (Å²) in [7, 11) is 1.82. The first-order valence-electron chi connectivity index (χ1n) is 5.29. The van der Waals surface area contributed by atoms with Gasteiger partial charge in [0.2, 0.25) is 5.91 Å². The minimum Gasteiger partial charge on any atom is -0.346 e. The Morgan fingerprint density at radius 1 is 1.53 bits per heavy atom. The van der Waals surface area contributed by atoms with Crippen LogP contribution in [0.4, 0.5) is 0 Å². The van der Waals surface area contributed by atoms with Gasteiger partial charge >= 0.3 is 0 Å². The molecule has 1 heterocycles. The van der Waals surface area contributed by atoms with Crippen LogP contribution in [0.1, 0.15) is 33.6 Å². The molecule has 1 atom stereocenters. The number of likely N-dealkylation sites (tertiary alicyclic amines) is 1. The predicted octanol–water partition coefficient (Wildman–Crippen LogP) is 0.999. The Morgan fingerprint density at radius 3 is 2.53 bits per heavy atom. The molecule has 0 spiro atoms. The van der Waals surface area contributed by atoms with Gasteiger partial charge < -0.3 is 4.90 Å². The SMILES string of the molecule is C#CC1(NC(C)(C)C)CCN(C)C(=O)C1. The molecule has 3 nitrogen and oxygen atoms in total. The third kappa shape index (κ3) is 2.97. The molecular weight excluding hydrogens is 188 g/mol. The topological polar surface area (TPSA) is 32.3 Å². The van der Waals surface area contributed by atoms with Crippen LogP contribution in [0, 0.1) is 12.3 Å². The van der Waals surface area contributed by atoms with E-state index in [0.29, 0.717) is 6.42 Å². The van der Waals surface area contributed by atoms with Gasteiger partial charge in [0.25, 0.3) is 0 Å². The highest BCUT2D eigenvalue weighted by Crippen LogP contribution is 2.24. The van der Waals surface area contributed by atoms with Crippen LogP contribution in [-0.4, -0.2) is 35.5 Å². The maximum atomic E-state index is 11.6. The highest BCUT2D eigenvalue weighted by Gasteiger charge is 2.38. The molecule has 0 aromatic heterocycles. The third-order valence-corrected chi connectivity index (χ3v) is 2.64. The van der Waals surface area contributed by atoms with Crippen LogP contribution in [0.5, 0.6) is 0 Å². The first-order chi connectivity index (χ1) is 6.78. The van der Waals surface area contributed by atoms with Crippen molar-refractivity contribution in [2.24, 2.45) is 0 Å². The van der Waals surface area contributed by atoms with Crippen molar-refractivity contribution in [3.63, 3.8) is 0 Å². The number of piperidine rings is 1. The van der Waals surface area contributed by atoms with Crippen LogP contribution in [0.2, 0.25) is 0 Å². The molecule has 0 aromatic carbocycles. The van der Waals surface area contributed by atoms with E-state index >= 15 is 0 Å². The molecule has 0 bridgehead atoms. The zero-order valence-electron chi connectivity index (χ0n) is 10.1. The van der Waals surface area contributed by atoms with Gasteiger partial charge in [-0.25, -0.2) is 0 Å². The number of carbonyl (C=O) groups excluding carboxylic acids is 1. The van der Waals surface area contributed by atoms with Crippen molar-refractivity contribution in [1.82, 2.24) is 10.2 Å². The van der Waals surface area contributed by atoms with E-state index in [2.05, 4.69) is 32.0 Å². The van der Waals surface area contributed by atoms with Crippen LogP contribution >= 0.6 is 0 Å². The number of terminal acetylenes is 1. The normalized spacial score (nSPS) is 27.7. The van der Waals surface area contributed by atoms with Crippen molar-refractivity contribution in [1.29, 1.82) is 0 Å². The minimum absolute atomic E-state index is 0.0669. The van der Waals surface area contributed by atoms with Gasteiger partial charge in [0.1, 0.15) is 0 Å². The molecule has 1 amide bonds. The second kappa shape index (κ2) is 3.86. The zero-order chi connectivity index (χ0) is 11.7. The molecule has 1 unspecified atom stereocenters. The molecule has 15 heavy (non-hydrogen) atoms. The van der Waals surface area contributed by atoms with Crippen LogP contribution in [0.3, 0.4) is 0 Å². The first-order valence-corrected chi connectivity index (χ1v) is 5.29. The lowest BCUT2D eigenvalue weighted by molar-refractivity contribution is -0.133. The summed E-state index contributed by atoms with van der Waals surface area (Å²) >= 11 is 0. The van der Waals surface area contributed by atoms with E-state index < -0.39 is 5.54 Å². The summed E-state index contributed by atoms with van der Waals surface area (Å²) in [5, 5.41) is 3.39. The summed E-state index contributed by atoms with van der Waals surface area (Å²) < 4.78 is 0. The molecule has 84 valence electrons. The Hall–Kier alpha value is -1.01. The fourth-order valence-corrected chi connectivity index (χ4v) is 1.95. The van der Waals surface area contributed by atoms with E-state index in [0.717, 1.165) is 13.0 Å². The quantitative estimate of drug-likeness (QED) is 0.652. The van der Waals surface area contributed by atoms with Crippen LogP contribution in [0.25, 0.3) is 0 Å². The molecule has 0 saturated carbocycles. The fraction of sp³-hybridized carbons (Fsp3) is 0.750. The van der Waals surface area contributed by atoms with E-state index in [4.69, 9.17) is 6.42 Å². The van der Waals surface area contributed by atoms with E-state index in [1.54, 1.807) is 4.90 Å². The molecule has 1 aliphatic heterocycles. The number of carbonyl (C=O) groups is 1. The standard InChI is InChI=1S/C12H20N2O/c1-6-12(13-11(2,3)4)7-8-14(5)10(15)9-12/h1,13H,7-9H2,2-5H3. The summed E-state index contributed by atoms with van der Waals surface area (Å²) in [6, 6.07) is 0. The highest BCUT2D eigenvalue weighted by molar-refractivity contribution is 5.79. The average molecular weight is 208 g/mol. The molecule has 1 N–H and O–H groups in total. The Kier molecular flexibility index (Phi) is 3.11. The van der Waals surface area contributed by atoms with Crippen LogP contribution < -0.4 is 5.32 Å². The number of hydrogen-bond acceptors (Lipinski definition) is 2. The molecule has 0 aliphatic carbocycles. The number of amides is 1. The Balaban J connectivity index is 2.80. The van der Waals surface area contributed by atoms with E-state index in [-0.39, 0.29) is 11.4 Å². The number of hydrogen-bond donors (Lipinski definition) is 1. The lowest BCUT2D eigenvalue weighted by atomic mass is 9.85. The fourth-order valence-electron chi connectivity index (χ4n) is 1.95. The number of rotatable bonds is 1. The highest BCUT2D eigenvalue weighted by atomic mass is 16.2. The summed E-state index contributed by atoms with van der Waals surface area (Å²) in [6.45, 7) is 6.92. The van der Waals surface area contributed by atoms with Gasteiger partial charge in [-0.3, -0.25) is 10.1 Å². The van der Waals surface area contributed by atoms with E-state index in [1.165, 1.54) is 0 Å². The van der Waals surface area contributed by atoms with Crippen molar-refractivity contribution in [3.8, 4) is 12.3 Å². The maximum absolute atomic E-state index is 11.6. The molecule has 0 radical (unpaired) electrons. The molecule has 1 fully saturated rings.